The number of furan rings is 1. The van der Waals surface area contributed by atoms with Gasteiger partial charge < -0.3 is 19.4 Å². The number of nitrogens with zero attached hydrogens (tertiary/aromatic N) is 1. The van der Waals surface area contributed by atoms with Crippen LogP contribution in [0, 0.1) is 6.92 Å². The highest BCUT2D eigenvalue weighted by atomic mass is 35.5. The SMILES string of the molecule is COc1cc(Cl)c(C)cc1NCC(=O)N(C)Cc1ccco1. The van der Waals surface area contributed by atoms with Crippen LogP contribution in [0.15, 0.2) is 34.9 Å². The molecule has 0 unspecified atom stereocenters. The molecular weight excluding hydrogens is 304 g/mol. The molecule has 5 nitrogen and oxygen atoms in total. The fourth-order valence-corrected chi connectivity index (χ4v) is 2.15. The van der Waals surface area contributed by atoms with Gasteiger partial charge in [-0.25, -0.2) is 0 Å². The first-order chi connectivity index (χ1) is 10.5. The van der Waals surface area contributed by atoms with Gasteiger partial charge in [0.25, 0.3) is 0 Å². The number of ether oxygens (including phenoxy) is 1. The Bertz CT molecular complexity index is 641. The molecule has 0 aliphatic rings. The van der Waals surface area contributed by atoms with Gasteiger partial charge >= 0.3 is 0 Å². The highest BCUT2D eigenvalue weighted by Crippen LogP contribution is 2.30. The van der Waals surface area contributed by atoms with Crippen molar-refractivity contribution in [1.29, 1.82) is 0 Å². The maximum absolute atomic E-state index is 12.1. The molecule has 22 heavy (non-hydrogen) atoms. The molecule has 1 amide bonds. The smallest absolute Gasteiger partial charge is 0.242 e. The van der Waals surface area contributed by atoms with Crippen LogP contribution >= 0.6 is 11.6 Å². The number of benzene rings is 1. The summed E-state index contributed by atoms with van der Waals surface area (Å²) in [5, 5.41) is 3.72. The molecule has 0 bridgehead atoms. The van der Waals surface area contributed by atoms with Crippen LogP contribution in [0.25, 0.3) is 0 Å². The lowest BCUT2D eigenvalue weighted by atomic mass is 10.2. The number of hydrogen-bond donors (Lipinski definition) is 1. The van der Waals surface area contributed by atoms with Gasteiger partial charge in [0, 0.05) is 18.1 Å². The van der Waals surface area contributed by atoms with Crippen LogP contribution in [0.4, 0.5) is 5.69 Å². The lowest BCUT2D eigenvalue weighted by molar-refractivity contribution is -0.128. The normalized spacial score (nSPS) is 10.4. The molecule has 2 rings (SSSR count). The molecule has 0 fully saturated rings. The number of carbonyl (C=O) groups excluding carboxylic acids is 1. The van der Waals surface area contributed by atoms with Gasteiger partial charge in [0.15, 0.2) is 0 Å². The third-order valence-corrected chi connectivity index (χ3v) is 3.72. The van der Waals surface area contributed by atoms with E-state index in [-0.39, 0.29) is 12.5 Å². The van der Waals surface area contributed by atoms with E-state index < -0.39 is 0 Å². The van der Waals surface area contributed by atoms with E-state index in [9.17, 15) is 4.79 Å². The Hall–Kier alpha value is -2.14. The summed E-state index contributed by atoms with van der Waals surface area (Å²) in [6.45, 7) is 2.50. The Balaban J connectivity index is 1.97. The van der Waals surface area contributed by atoms with Crippen molar-refractivity contribution in [1.82, 2.24) is 4.90 Å². The Labute approximate surface area is 134 Å². The van der Waals surface area contributed by atoms with Gasteiger partial charge in [-0.15, -0.1) is 0 Å². The molecule has 0 radical (unpaired) electrons. The van der Waals surface area contributed by atoms with Gasteiger partial charge in [0.1, 0.15) is 11.5 Å². The number of halogens is 1. The third kappa shape index (κ3) is 3.95. The zero-order valence-corrected chi connectivity index (χ0v) is 13.6. The van der Waals surface area contributed by atoms with E-state index in [0.29, 0.717) is 17.3 Å². The number of amides is 1. The fraction of sp³-hybridized carbons (Fsp3) is 0.312. The first-order valence-corrected chi connectivity index (χ1v) is 7.23. The van der Waals surface area contributed by atoms with Crippen molar-refractivity contribution >= 4 is 23.2 Å². The molecule has 6 heteroatoms. The summed E-state index contributed by atoms with van der Waals surface area (Å²) in [7, 11) is 3.30. The number of nitrogens with one attached hydrogen (secondary N) is 1. The summed E-state index contributed by atoms with van der Waals surface area (Å²) < 4.78 is 10.5. The van der Waals surface area contributed by atoms with Gasteiger partial charge in [0.2, 0.25) is 5.91 Å². The first-order valence-electron chi connectivity index (χ1n) is 6.85. The lowest BCUT2D eigenvalue weighted by Crippen LogP contribution is -2.31. The minimum Gasteiger partial charge on any atom is -0.495 e. The molecule has 0 saturated carbocycles. The van der Waals surface area contributed by atoms with Crippen molar-refractivity contribution < 1.29 is 13.9 Å². The van der Waals surface area contributed by atoms with E-state index in [1.54, 1.807) is 37.5 Å². The summed E-state index contributed by atoms with van der Waals surface area (Å²) in [4.78, 5) is 13.7. The number of methoxy groups -OCH3 is 1. The monoisotopic (exact) mass is 322 g/mol. The quantitative estimate of drug-likeness (QED) is 0.886. The number of hydrogen-bond acceptors (Lipinski definition) is 4. The molecule has 0 aliphatic carbocycles. The maximum Gasteiger partial charge on any atom is 0.242 e. The van der Waals surface area contributed by atoms with E-state index in [0.717, 1.165) is 17.0 Å². The zero-order valence-electron chi connectivity index (χ0n) is 12.9. The van der Waals surface area contributed by atoms with Gasteiger partial charge in [-0.05, 0) is 30.7 Å². The Morgan fingerprint density at radius 1 is 1.45 bits per heavy atom. The topological polar surface area (TPSA) is 54.7 Å². The number of carbonyl (C=O) groups is 1. The number of likely N-dealkylation sites (N-methyl/N-ethyl adjacent to an activating group) is 1. The predicted molar refractivity (Wildman–Crippen MR) is 86.4 cm³/mol. The van der Waals surface area contributed by atoms with E-state index in [2.05, 4.69) is 5.32 Å². The minimum absolute atomic E-state index is 0.0499. The number of rotatable bonds is 6. The van der Waals surface area contributed by atoms with Crippen LogP contribution in [0.2, 0.25) is 5.02 Å². The van der Waals surface area contributed by atoms with Crippen LogP contribution in [0.5, 0.6) is 5.75 Å². The van der Waals surface area contributed by atoms with Crippen molar-refractivity contribution in [3.63, 3.8) is 0 Å². The zero-order chi connectivity index (χ0) is 16.1. The van der Waals surface area contributed by atoms with Crippen molar-refractivity contribution in [3.8, 4) is 5.75 Å². The largest absolute Gasteiger partial charge is 0.495 e. The third-order valence-electron chi connectivity index (χ3n) is 3.31. The van der Waals surface area contributed by atoms with Crippen molar-refractivity contribution in [2.75, 3.05) is 26.0 Å². The molecule has 0 aliphatic heterocycles. The molecular formula is C16H19ClN2O3. The molecule has 1 heterocycles. The Morgan fingerprint density at radius 2 is 2.23 bits per heavy atom. The standard InChI is InChI=1S/C16H19ClN2O3/c1-11-7-14(15(21-3)8-13(11)17)18-9-16(20)19(2)10-12-5-4-6-22-12/h4-8,18H,9-10H2,1-3H3. The van der Waals surface area contributed by atoms with Gasteiger partial charge in [-0.3, -0.25) is 4.79 Å². The second-order valence-corrected chi connectivity index (χ2v) is 5.39. The summed E-state index contributed by atoms with van der Waals surface area (Å²) in [6, 6.07) is 7.23. The van der Waals surface area contributed by atoms with Crippen LogP contribution in [-0.2, 0) is 11.3 Å². The molecule has 0 spiro atoms. The fourth-order valence-electron chi connectivity index (χ4n) is 2.00. The van der Waals surface area contributed by atoms with Crippen molar-refractivity contribution in [3.05, 3.63) is 46.9 Å². The number of anilines is 1. The Kier molecular flexibility index (Phi) is 5.33. The average molecular weight is 323 g/mol. The van der Waals surface area contributed by atoms with E-state index in [1.807, 2.05) is 19.1 Å². The minimum atomic E-state index is -0.0499. The highest BCUT2D eigenvalue weighted by molar-refractivity contribution is 6.31. The van der Waals surface area contributed by atoms with Gasteiger partial charge in [0.05, 0.1) is 32.1 Å². The highest BCUT2D eigenvalue weighted by Gasteiger charge is 2.12. The van der Waals surface area contributed by atoms with E-state index in [4.69, 9.17) is 20.8 Å². The summed E-state index contributed by atoms with van der Waals surface area (Å²) in [5.74, 6) is 1.30. The lowest BCUT2D eigenvalue weighted by Gasteiger charge is -2.18. The molecule has 0 atom stereocenters. The maximum atomic E-state index is 12.1. The Morgan fingerprint density at radius 3 is 2.86 bits per heavy atom. The molecule has 1 aromatic carbocycles. The second-order valence-electron chi connectivity index (χ2n) is 4.98. The molecule has 1 aromatic heterocycles. The number of aryl methyl sites for hydroxylation is 1. The summed E-state index contributed by atoms with van der Waals surface area (Å²) >= 11 is 6.06. The average Bonchev–Trinajstić information content (AvgIpc) is 3.00. The predicted octanol–water partition coefficient (Wildman–Crippen LogP) is 3.32. The van der Waals surface area contributed by atoms with Gasteiger partial charge in [-0.1, -0.05) is 11.6 Å². The molecule has 118 valence electrons. The van der Waals surface area contributed by atoms with Crippen LogP contribution in [0.1, 0.15) is 11.3 Å². The van der Waals surface area contributed by atoms with Crippen LogP contribution in [-0.4, -0.2) is 31.5 Å². The van der Waals surface area contributed by atoms with Gasteiger partial charge in [-0.2, -0.15) is 0 Å². The van der Waals surface area contributed by atoms with E-state index in [1.165, 1.54) is 0 Å². The van der Waals surface area contributed by atoms with Crippen molar-refractivity contribution in [2.24, 2.45) is 0 Å². The summed E-state index contributed by atoms with van der Waals surface area (Å²) in [6.07, 6.45) is 1.59. The van der Waals surface area contributed by atoms with Crippen LogP contribution < -0.4 is 10.1 Å². The van der Waals surface area contributed by atoms with Crippen LogP contribution in [0.3, 0.4) is 0 Å². The second kappa shape index (κ2) is 7.22. The van der Waals surface area contributed by atoms with E-state index >= 15 is 0 Å². The first kappa shape index (κ1) is 16.2. The van der Waals surface area contributed by atoms with Crippen molar-refractivity contribution in [2.45, 2.75) is 13.5 Å². The summed E-state index contributed by atoms with van der Waals surface area (Å²) in [5.41, 5.74) is 1.66. The molecule has 1 N–H and O–H groups in total. The molecule has 0 saturated heterocycles. The molecule has 2 aromatic rings.